The standard InChI is InChI=1S/C25H22N2O2/c1-2-29-24(28)23-26-18-19-27(23)25(20-12-6-3-7-13-20,21-14-8-4-9-15-21)22-16-10-5-11-17-22/h3-19H,2H2,1H3. The van der Waals surface area contributed by atoms with E-state index in [1.807, 2.05) is 65.4 Å². The first-order chi connectivity index (χ1) is 14.3. The van der Waals surface area contributed by atoms with Gasteiger partial charge in [-0.25, -0.2) is 9.78 Å². The highest BCUT2D eigenvalue weighted by molar-refractivity contribution is 5.86. The molecule has 4 nitrogen and oxygen atoms in total. The minimum absolute atomic E-state index is 0.267. The molecule has 4 heteroatoms. The average Bonchev–Trinajstić information content (AvgIpc) is 3.27. The summed E-state index contributed by atoms with van der Waals surface area (Å²) in [5.41, 5.74) is 2.31. The fraction of sp³-hybridized carbons (Fsp3) is 0.120. The van der Waals surface area contributed by atoms with E-state index in [-0.39, 0.29) is 5.82 Å². The first-order valence-electron chi connectivity index (χ1n) is 9.66. The summed E-state index contributed by atoms with van der Waals surface area (Å²) in [5, 5.41) is 0. The Morgan fingerprint density at radius 3 is 1.69 bits per heavy atom. The van der Waals surface area contributed by atoms with Gasteiger partial charge in [0.25, 0.3) is 0 Å². The number of hydrogen-bond donors (Lipinski definition) is 0. The van der Waals surface area contributed by atoms with Crippen LogP contribution in [0, 0.1) is 0 Å². The molecule has 0 amide bonds. The lowest BCUT2D eigenvalue weighted by Crippen LogP contribution is -2.39. The molecule has 0 fully saturated rings. The van der Waals surface area contributed by atoms with Crippen molar-refractivity contribution >= 4 is 5.97 Å². The summed E-state index contributed by atoms with van der Waals surface area (Å²) in [7, 11) is 0. The number of esters is 1. The number of ether oxygens (including phenoxy) is 1. The van der Waals surface area contributed by atoms with Crippen LogP contribution in [0.3, 0.4) is 0 Å². The van der Waals surface area contributed by atoms with Crippen LogP contribution in [0.1, 0.15) is 34.2 Å². The Balaban J connectivity index is 2.11. The van der Waals surface area contributed by atoms with Crippen LogP contribution in [0.25, 0.3) is 0 Å². The monoisotopic (exact) mass is 382 g/mol. The molecule has 144 valence electrons. The largest absolute Gasteiger partial charge is 0.460 e. The van der Waals surface area contributed by atoms with Crippen LogP contribution in [0.4, 0.5) is 0 Å². The summed E-state index contributed by atoms with van der Waals surface area (Å²) in [6, 6.07) is 30.5. The highest BCUT2D eigenvalue weighted by Crippen LogP contribution is 2.41. The van der Waals surface area contributed by atoms with Crippen LogP contribution in [0.2, 0.25) is 0 Å². The molecule has 0 spiro atoms. The van der Waals surface area contributed by atoms with Gasteiger partial charge in [0.2, 0.25) is 5.82 Å². The molecule has 4 aromatic rings. The van der Waals surface area contributed by atoms with Gasteiger partial charge in [0.15, 0.2) is 0 Å². The maximum Gasteiger partial charge on any atom is 0.374 e. The average molecular weight is 382 g/mol. The topological polar surface area (TPSA) is 44.1 Å². The van der Waals surface area contributed by atoms with Crippen molar-refractivity contribution in [3.8, 4) is 0 Å². The zero-order valence-electron chi connectivity index (χ0n) is 16.2. The van der Waals surface area contributed by atoms with E-state index in [0.717, 1.165) is 16.7 Å². The minimum atomic E-state index is -0.775. The Bertz CT molecular complexity index is 977. The normalized spacial score (nSPS) is 11.2. The van der Waals surface area contributed by atoms with Gasteiger partial charge < -0.3 is 9.30 Å². The van der Waals surface area contributed by atoms with Gasteiger partial charge >= 0.3 is 5.97 Å². The number of rotatable bonds is 6. The highest BCUT2D eigenvalue weighted by Gasteiger charge is 2.40. The Hall–Kier alpha value is -3.66. The fourth-order valence-electron chi connectivity index (χ4n) is 3.88. The van der Waals surface area contributed by atoms with Crippen molar-refractivity contribution in [2.24, 2.45) is 0 Å². The van der Waals surface area contributed by atoms with Crippen molar-refractivity contribution in [1.29, 1.82) is 0 Å². The Labute approximate surface area is 170 Å². The van der Waals surface area contributed by atoms with Crippen LogP contribution in [0.5, 0.6) is 0 Å². The van der Waals surface area contributed by atoms with E-state index in [1.165, 1.54) is 0 Å². The first kappa shape index (κ1) is 18.7. The first-order valence-corrected chi connectivity index (χ1v) is 9.66. The third kappa shape index (κ3) is 3.23. The molecule has 0 aliphatic heterocycles. The number of carbonyl (C=O) groups is 1. The molecule has 0 N–H and O–H groups in total. The second-order valence-corrected chi connectivity index (χ2v) is 6.65. The minimum Gasteiger partial charge on any atom is -0.460 e. The molecule has 0 bridgehead atoms. The molecule has 0 radical (unpaired) electrons. The van der Waals surface area contributed by atoms with Crippen molar-refractivity contribution in [1.82, 2.24) is 9.55 Å². The van der Waals surface area contributed by atoms with Gasteiger partial charge in [-0.1, -0.05) is 91.0 Å². The maximum absolute atomic E-state index is 12.8. The van der Waals surface area contributed by atoms with Crippen molar-refractivity contribution < 1.29 is 9.53 Å². The van der Waals surface area contributed by atoms with Crippen molar-refractivity contribution in [2.45, 2.75) is 12.5 Å². The highest BCUT2D eigenvalue weighted by atomic mass is 16.5. The van der Waals surface area contributed by atoms with Gasteiger partial charge in [-0.2, -0.15) is 0 Å². The predicted octanol–water partition coefficient (Wildman–Crippen LogP) is 4.90. The second kappa shape index (κ2) is 8.15. The summed E-state index contributed by atoms with van der Waals surface area (Å²) in [6.07, 6.45) is 3.50. The number of hydrogen-bond acceptors (Lipinski definition) is 3. The lowest BCUT2D eigenvalue weighted by molar-refractivity contribution is 0.0503. The van der Waals surface area contributed by atoms with Gasteiger partial charge in [0, 0.05) is 12.4 Å². The Morgan fingerprint density at radius 1 is 0.828 bits per heavy atom. The molecule has 0 aliphatic rings. The van der Waals surface area contributed by atoms with Crippen LogP contribution in [-0.2, 0) is 10.3 Å². The molecule has 1 heterocycles. The molecular formula is C25H22N2O2. The third-order valence-corrected chi connectivity index (χ3v) is 5.03. The van der Waals surface area contributed by atoms with Gasteiger partial charge in [-0.15, -0.1) is 0 Å². The van der Waals surface area contributed by atoms with E-state index in [1.54, 1.807) is 13.1 Å². The van der Waals surface area contributed by atoms with E-state index < -0.39 is 11.5 Å². The van der Waals surface area contributed by atoms with Gasteiger partial charge in [0.1, 0.15) is 5.54 Å². The van der Waals surface area contributed by atoms with Crippen LogP contribution >= 0.6 is 0 Å². The van der Waals surface area contributed by atoms with E-state index in [0.29, 0.717) is 6.61 Å². The van der Waals surface area contributed by atoms with Crippen LogP contribution in [0.15, 0.2) is 103 Å². The van der Waals surface area contributed by atoms with Gasteiger partial charge in [-0.3, -0.25) is 0 Å². The van der Waals surface area contributed by atoms with Crippen LogP contribution in [-0.4, -0.2) is 22.1 Å². The predicted molar refractivity (Wildman–Crippen MR) is 113 cm³/mol. The molecule has 29 heavy (non-hydrogen) atoms. The Kier molecular flexibility index (Phi) is 5.25. The third-order valence-electron chi connectivity index (χ3n) is 5.03. The maximum atomic E-state index is 12.8. The van der Waals surface area contributed by atoms with Gasteiger partial charge in [0.05, 0.1) is 6.61 Å². The number of nitrogens with zero attached hydrogens (tertiary/aromatic N) is 2. The number of aromatic nitrogens is 2. The molecule has 0 atom stereocenters. The smallest absolute Gasteiger partial charge is 0.374 e. The molecule has 0 saturated carbocycles. The lowest BCUT2D eigenvalue weighted by Gasteiger charge is -2.38. The zero-order valence-corrected chi connectivity index (χ0v) is 16.2. The fourth-order valence-corrected chi connectivity index (χ4v) is 3.88. The Morgan fingerprint density at radius 2 is 1.28 bits per heavy atom. The SMILES string of the molecule is CCOC(=O)c1nccn1C(c1ccccc1)(c1ccccc1)c1ccccc1. The van der Waals surface area contributed by atoms with Crippen molar-refractivity contribution in [2.75, 3.05) is 6.61 Å². The molecule has 1 aromatic heterocycles. The van der Waals surface area contributed by atoms with Crippen molar-refractivity contribution in [3.63, 3.8) is 0 Å². The quantitative estimate of drug-likeness (QED) is 0.352. The van der Waals surface area contributed by atoms with E-state index in [4.69, 9.17) is 4.74 Å². The van der Waals surface area contributed by atoms with Gasteiger partial charge in [-0.05, 0) is 23.6 Å². The van der Waals surface area contributed by atoms with E-state index in [2.05, 4.69) is 41.4 Å². The summed E-state index contributed by atoms with van der Waals surface area (Å²) < 4.78 is 7.23. The molecular weight excluding hydrogens is 360 g/mol. The zero-order chi connectivity index (χ0) is 20.1. The summed E-state index contributed by atoms with van der Waals surface area (Å²) in [5.74, 6) is -0.173. The molecule has 0 unspecified atom stereocenters. The molecule has 0 aliphatic carbocycles. The van der Waals surface area contributed by atoms with Crippen molar-refractivity contribution in [3.05, 3.63) is 126 Å². The number of benzene rings is 3. The van der Waals surface area contributed by atoms with E-state index in [9.17, 15) is 4.79 Å². The van der Waals surface area contributed by atoms with Crippen LogP contribution < -0.4 is 0 Å². The molecule has 3 aromatic carbocycles. The summed E-state index contributed by atoms with van der Waals surface area (Å²) >= 11 is 0. The lowest BCUT2D eigenvalue weighted by atomic mass is 9.76. The summed E-state index contributed by atoms with van der Waals surface area (Å²) in [6.45, 7) is 2.09. The number of imidazole rings is 1. The summed E-state index contributed by atoms with van der Waals surface area (Å²) in [4.78, 5) is 17.1. The van der Waals surface area contributed by atoms with E-state index >= 15 is 0 Å². The molecule has 4 rings (SSSR count). The second-order valence-electron chi connectivity index (χ2n) is 6.65. The number of carbonyl (C=O) groups excluding carboxylic acids is 1. The molecule has 0 saturated heterocycles.